The van der Waals surface area contributed by atoms with E-state index in [0.29, 0.717) is 12.2 Å². The number of aliphatic hydroxyl groups excluding tert-OH is 1. The molecule has 4 nitrogen and oxygen atoms in total. The van der Waals surface area contributed by atoms with E-state index in [0.717, 1.165) is 11.0 Å². The molecule has 1 aromatic heterocycles. The largest absolute Gasteiger partial charge is 0.396 e. The number of halogens is 2. The molecule has 6 heteroatoms. The molecule has 1 aromatic rings. The maximum absolute atomic E-state index is 12.5. The Morgan fingerprint density at radius 1 is 1.56 bits per heavy atom. The third kappa shape index (κ3) is 3.53. The lowest BCUT2D eigenvalue weighted by Crippen LogP contribution is -2.30. The molecular formula is C10H17F2N3O. The monoisotopic (exact) mass is 233 g/mol. The van der Waals surface area contributed by atoms with Crippen molar-refractivity contribution >= 4 is 0 Å². The summed E-state index contributed by atoms with van der Waals surface area (Å²) in [6.45, 7) is -0.199. The summed E-state index contributed by atoms with van der Waals surface area (Å²) in [5, 5.41) is 11.9. The average molecular weight is 233 g/mol. The standard InChI is InChI=1S/C10H17F2N3O/c1-2-8(3-6-16)14-7-9-13-4-5-15(9)10(11)12/h4-5,8,10,14,16H,2-3,6-7H2,1H3. The SMILES string of the molecule is CCC(CCO)NCc1nccn1C(F)F. The molecule has 0 aromatic carbocycles. The van der Waals surface area contributed by atoms with Crippen molar-refractivity contribution in [2.45, 2.75) is 38.9 Å². The third-order valence-corrected chi connectivity index (χ3v) is 2.48. The van der Waals surface area contributed by atoms with Crippen molar-refractivity contribution in [3.63, 3.8) is 0 Å². The fourth-order valence-corrected chi connectivity index (χ4v) is 1.50. The van der Waals surface area contributed by atoms with Crippen molar-refractivity contribution in [2.75, 3.05) is 6.61 Å². The molecule has 1 heterocycles. The fraction of sp³-hybridized carbons (Fsp3) is 0.700. The minimum atomic E-state index is -2.56. The molecule has 0 aliphatic heterocycles. The lowest BCUT2D eigenvalue weighted by atomic mass is 10.1. The molecule has 0 aliphatic carbocycles. The average Bonchev–Trinajstić information content (AvgIpc) is 2.72. The quantitative estimate of drug-likeness (QED) is 0.751. The molecule has 0 fully saturated rings. The number of nitrogens with one attached hydrogen (secondary N) is 1. The van der Waals surface area contributed by atoms with Crippen molar-refractivity contribution in [2.24, 2.45) is 0 Å². The highest BCUT2D eigenvalue weighted by molar-refractivity contribution is 4.92. The van der Waals surface area contributed by atoms with E-state index < -0.39 is 6.55 Å². The fourth-order valence-electron chi connectivity index (χ4n) is 1.50. The molecule has 92 valence electrons. The van der Waals surface area contributed by atoms with Crippen LogP contribution >= 0.6 is 0 Å². The Bertz CT molecular complexity index is 304. The van der Waals surface area contributed by atoms with Gasteiger partial charge in [0.25, 0.3) is 0 Å². The molecule has 0 radical (unpaired) electrons. The van der Waals surface area contributed by atoms with E-state index in [1.165, 1.54) is 12.4 Å². The first-order chi connectivity index (χ1) is 7.69. The minimum Gasteiger partial charge on any atom is -0.396 e. The van der Waals surface area contributed by atoms with Crippen LogP contribution in [0.1, 0.15) is 32.1 Å². The predicted octanol–water partition coefficient (Wildman–Crippen LogP) is 1.53. The predicted molar refractivity (Wildman–Crippen MR) is 56.1 cm³/mol. The van der Waals surface area contributed by atoms with E-state index >= 15 is 0 Å². The van der Waals surface area contributed by atoms with Crippen LogP contribution in [0.15, 0.2) is 12.4 Å². The van der Waals surface area contributed by atoms with Crippen molar-refractivity contribution < 1.29 is 13.9 Å². The lowest BCUT2D eigenvalue weighted by molar-refractivity contribution is 0.0664. The Hall–Kier alpha value is -1.01. The molecule has 1 atom stereocenters. The summed E-state index contributed by atoms with van der Waals surface area (Å²) < 4.78 is 25.8. The van der Waals surface area contributed by atoms with Gasteiger partial charge in [-0.2, -0.15) is 8.78 Å². The Balaban J connectivity index is 2.49. The van der Waals surface area contributed by atoms with Gasteiger partial charge >= 0.3 is 6.55 Å². The first kappa shape index (κ1) is 13.1. The zero-order chi connectivity index (χ0) is 12.0. The van der Waals surface area contributed by atoms with Crippen LogP contribution in [0.3, 0.4) is 0 Å². The van der Waals surface area contributed by atoms with Crippen LogP contribution in [0.5, 0.6) is 0 Å². The van der Waals surface area contributed by atoms with Crippen LogP contribution in [0.4, 0.5) is 8.78 Å². The summed E-state index contributed by atoms with van der Waals surface area (Å²) in [7, 11) is 0. The zero-order valence-corrected chi connectivity index (χ0v) is 9.24. The highest BCUT2D eigenvalue weighted by atomic mass is 19.3. The van der Waals surface area contributed by atoms with Gasteiger partial charge in [-0.1, -0.05) is 6.92 Å². The smallest absolute Gasteiger partial charge is 0.319 e. The van der Waals surface area contributed by atoms with Gasteiger partial charge in [0, 0.05) is 25.0 Å². The van der Waals surface area contributed by atoms with Gasteiger partial charge in [0.1, 0.15) is 5.82 Å². The van der Waals surface area contributed by atoms with E-state index in [9.17, 15) is 8.78 Å². The third-order valence-electron chi connectivity index (χ3n) is 2.48. The van der Waals surface area contributed by atoms with Gasteiger partial charge in [-0.25, -0.2) is 4.98 Å². The Morgan fingerprint density at radius 3 is 2.88 bits per heavy atom. The molecule has 1 rings (SSSR count). The van der Waals surface area contributed by atoms with Gasteiger partial charge in [0.2, 0.25) is 0 Å². The van der Waals surface area contributed by atoms with Crippen LogP contribution in [-0.2, 0) is 6.54 Å². The summed E-state index contributed by atoms with van der Waals surface area (Å²) >= 11 is 0. The molecule has 0 saturated carbocycles. The van der Waals surface area contributed by atoms with E-state index in [-0.39, 0.29) is 19.2 Å². The molecule has 0 saturated heterocycles. The van der Waals surface area contributed by atoms with Crippen molar-refractivity contribution in [3.05, 3.63) is 18.2 Å². The normalized spacial score (nSPS) is 13.3. The molecule has 16 heavy (non-hydrogen) atoms. The molecule has 2 N–H and O–H groups in total. The second kappa shape index (κ2) is 6.55. The van der Waals surface area contributed by atoms with E-state index in [1.807, 2.05) is 6.92 Å². The minimum absolute atomic E-state index is 0.0921. The van der Waals surface area contributed by atoms with Crippen LogP contribution < -0.4 is 5.32 Å². The number of hydrogen-bond donors (Lipinski definition) is 2. The first-order valence-corrected chi connectivity index (χ1v) is 5.33. The summed E-state index contributed by atoms with van der Waals surface area (Å²) in [6, 6.07) is 0.132. The molecule has 0 aliphatic rings. The number of aliphatic hydroxyl groups is 1. The molecular weight excluding hydrogens is 216 g/mol. The number of hydrogen-bond acceptors (Lipinski definition) is 3. The van der Waals surface area contributed by atoms with Gasteiger partial charge in [0.15, 0.2) is 0 Å². The van der Waals surface area contributed by atoms with Crippen molar-refractivity contribution in [1.82, 2.24) is 14.9 Å². The molecule has 0 spiro atoms. The van der Waals surface area contributed by atoms with Crippen LogP contribution in [0, 0.1) is 0 Å². The molecule has 0 amide bonds. The van der Waals surface area contributed by atoms with E-state index in [4.69, 9.17) is 5.11 Å². The van der Waals surface area contributed by atoms with Crippen LogP contribution in [-0.4, -0.2) is 27.3 Å². The second-order valence-electron chi connectivity index (χ2n) is 3.53. The summed E-state index contributed by atoms with van der Waals surface area (Å²) in [5.41, 5.74) is 0. The summed E-state index contributed by atoms with van der Waals surface area (Å²) in [4.78, 5) is 3.86. The van der Waals surface area contributed by atoms with Crippen molar-refractivity contribution in [1.29, 1.82) is 0 Å². The molecule has 0 bridgehead atoms. The molecule has 1 unspecified atom stereocenters. The Labute approximate surface area is 93.3 Å². The zero-order valence-electron chi connectivity index (χ0n) is 9.24. The Kier molecular flexibility index (Phi) is 5.34. The highest BCUT2D eigenvalue weighted by Crippen LogP contribution is 2.12. The van der Waals surface area contributed by atoms with Crippen molar-refractivity contribution in [3.8, 4) is 0 Å². The topological polar surface area (TPSA) is 50.1 Å². The van der Waals surface area contributed by atoms with Gasteiger partial charge < -0.3 is 10.4 Å². The van der Waals surface area contributed by atoms with E-state index in [2.05, 4.69) is 10.3 Å². The number of nitrogens with zero attached hydrogens (tertiary/aromatic N) is 2. The summed E-state index contributed by atoms with van der Waals surface area (Å²) in [5.74, 6) is 0.311. The number of aromatic nitrogens is 2. The van der Waals surface area contributed by atoms with E-state index in [1.54, 1.807) is 0 Å². The van der Waals surface area contributed by atoms with Gasteiger partial charge in [0.05, 0.1) is 6.54 Å². The van der Waals surface area contributed by atoms with Gasteiger partial charge in [-0.05, 0) is 12.8 Å². The lowest BCUT2D eigenvalue weighted by Gasteiger charge is -2.15. The maximum atomic E-state index is 12.5. The first-order valence-electron chi connectivity index (χ1n) is 5.33. The van der Waals surface area contributed by atoms with Crippen LogP contribution in [0.25, 0.3) is 0 Å². The maximum Gasteiger partial charge on any atom is 0.319 e. The summed E-state index contributed by atoms with van der Waals surface area (Å²) in [6.07, 6.45) is 4.08. The highest BCUT2D eigenvalue weighted by Gasteiger charge is 2.12. The second-order valence-corrected chi connectivity index (χ2v) is 3.53. The number of alkyl halides is 2. The Morgan fingerprint density at radius 2 is 2.31 bits per heavy atom. The van der Waals surface area contributed by atoms with Gasteiger partial charge in [-0.3, -0.25) is 4.57 Å². The van der Waals surface area contributed by atoms with Crippen LogP contribution in [0.2, 0.25) is 0 Å². The number of rotatable bonds is 7. The van der Waals surface area contributed by atoms with Gasteiger partial charge in [-0.15, -0.1) is 0 Å². The number of imidazole rings is 1.